The van der Waals surface area contributed by atoms with Crippen LogP contribution in [0.15, 0.2) is 30.6 Å². The maximum absolute atomic E-state index is 9.27. The van der Waals surface area contributed by atoms with Crippen LogP contribution in [0.4, 0.5) is 0 Å². The highest BCUT2D eigenvalue weighted by Crippen LogP contribution is 2.36. The number of nitrogens with zero attached hydrogens (tertiary/aromatic N) is 2. The second-order valence-corrected chi connectivity index (χ2v) is 5.29. The lowest BCUT2D eigenvalue weighted by molar-refractivity contribution is 0.533. The van der Waals surface area contributed by atoms with E-state index in [1.54, 1.807) is 6.07 Å². The van der Waals surface area contributed by atoms with Crippen LogP contribution in [0.1, 0.15) is 31.9 Å². The molecule has 0 bridgehead atoms. The zero-order valence-electron chi connectivity index (χ0n) is 10.8. The summed E-state index contributed by atoms with van der Waals surface area (Å²) in [6, 6.07) is 8.02. The third kappa shape index (κ3) is 2.63. The van der Waals surface area contributed by atoms with Crippen LogP contribution in [0, 0.1) is 11.3 Å². The third-order valence-electron chi connectivity index (χ3n) is 3.31. The van der Waals surface area contributed by atoms with Crippen molar-refractivity contribution in [3.63, 3.8) is 0 Å². The van der Waals surface area contributed by atoms with E-state index >= 15 is 0 Å². The average molecular weight is 293 g/mol. The van der Waals surface area contributed by atoms with Gasteiger partial charge in [0.2, 0.25) is 0 Å². The zero-order chi connectivity index (χ0) is 14.0. The molecule has 19 heavy (non-hydrogen) atoms. The van der Waals surface area contributed by atoms with Gasteiger partial charge in [-0.1, -0.05) is 42.3 Å². The maximum atomic E-state index is 9.27. The van der Waals surface area contributed by atoms with Crippen molar-refractivity contribution >= 4 is 23.2 Å². The lowest BCUT2D eigenvalue weighted by Gasteiger charge is -2.10. The van der Waals surface area contributed by atoms with Gasteiger partial charge in [0.15, 0.2) is 0 Å². The number of hydrogen-bond donors (Lipinski definition) is 0. The van der Waals surface area contributed by atoms with Gasteiger partial charge < -0.3 is 4.57 Å². The van der Waals surface area contributed by atoms with E-state index < -0.39 is 0 Å². The average Bonchev–Trinajstić information content (AvgIpc) is 2.85. The van der Waals surface area contributed by atoms with Gasteiger partial charge in [0, 0.05) is 29.6 Å². The smallest absolute Gasteiger partial charge is 0.101 e. The molecule has 0 aliphatic carbocycles. The Morgan fingerprint density at radius 3 is 2.63 bits per heavy atom. The van der Waals surface area contributed by atoms with Crippen molar-refractivity contribution in [2.24, 2.45) is 0 Å². The van der Waals surface area contributed by atoms with Crippen LogP contribution in [-0.2, 0) is 0 Å². The molecule has 1 aromatic carbocycles. The van der Waals surface area contributed by atoms with E-state index in [0.29, 0.717) is 21.7 Å². The maximum Gasteiger partial charge on any atom is 0.101 e. The zero-order valence-corrected chi connectivity index (χ0v) is 12.3. The van der Waals surface area contributed by atoms with Gasteiger partial charge in [-0.05, 0) is 19.4 Å². The SMILES string of the molecule is CCC(C)n1cc(C#N)c(-c2cccc(Cl)c2Cl)c1. The molecule has 0 spiro atoms. The van der Waals surface area contributed by atoms with E-state index in [0.717, 1.165) is 17.5 Å². The molecule has 1 heterocycles. The van der Waals surface area contributed by atoms with Crippen LogP contribution in [0.3, 0.4) is 0 Å². The van der Waals surface area contributed by atoms with E-state index in [-0.39, 0.29) is 0 Å². The molecule has 0 aliphatic rings. The number of aromatic nitrogens is 1. The highest BCUT2D eigenvalue weighted by Gasteiger charge is 2.15. The number of rotatable bonds is 3. The molecule has 2 aromatic rings. The molecule has 0 fully saturated rings. The second kappa shape index (κ2) is 5.69. The summed E-state index contributed by atoms with van der Waals surface area (Å²) in [6.07, 6.45) is 4.83. The third-order valence-corrected chi connectivity index (χ3v) is 4.13. The first-order chi connectivity index (χ1) is 9.08. The van der Waals surface area contributed by atoms with Gasteiger partial charge in [-0.3, -0.25) is 0 Å². The fourth-order valence-electron chi connectivity index (χ4n) is 1.96. The lowest BCUT2D eigenvalue weighted by Crippen LogP contribution is -1.99. The summed E-state index contributed by atoms with van der Waals surface area (Å²) in [6.45, 7) is 4.23. The van der Waals surface area contributed by atoms with Gasteiger partial charge in [0.1, 0.15) is 6.07 Å². The standard InChI is InChI=1S/C15H14Cl2N2/c1-3-10(2)19-8-11(7-18)13(9-19)12-5-4-6-14(16)15(12)17/h4-6,8-10H,3H2,1-2H3. The minimum Gasteiger partial charge on any atom is -0.350 e. The topological polar surface area (TPSA) is 28.7 Å². The first kappa shape index (κ1) is 14.0. The molecule has 1 unspecified atom stereocenters. The Bertz CT molecular complexity index is 638. The van der Waals surface area contributed by atoms with Crippen LogP contribution in [-0.4, -0.2) is 4.57 Å². The minimum atomic E-state index is 0.346. The number of nitriles is 1. The Morgan fingerprint density at radius 1 is 1.26 bits per heavy atom. The second-order valence-electron chi connectivity index (χ2n) is 4.50. The van der Waals surface area contributed by atoms with Gasteiger partial charge in [-0.25, -0.2) is 0 Å². The van der Waals surface area contributed by atoms with Crippen LogP contribution < -0.4 is 0 Å². The quantitative estimate of drug-likeness (QED) is 0.754. The van der Waals surface area contributed by atoms with E-state index in [1.165, 1.54) is 0 Å². The van der Waals surface area contributed by atoms with E-state index in [1.807, 2.05) is 29.1 Å². The minimum absolute atomic E-state index is 0.346. The predicted octanol–water partition coefficient (Wildman–Crippen LogP) is 5.30. The molecule has 0 amide bonds. The summed E-state index contributed by atoms with van der Waals surface area (Å²) in [7, 11) is 0. The van der Waals surface area contributed by atoms with Crippen molar-refractivity contribution in [2.75, 3.05) is 0 Å². The molecular weight excluding hydrogens is 279 g/mol. The molecule has 2 rings (SSSR count). The number of halogens is 2. The van der Waals surface area contributed by atoms with Gasteiger partial charge >= 0.3 is 0 Å². The van der Waals surface area contributed by atoms with Crippen LogP contribution in [0.5, 0.6) is 0 Å². The molecule has 0 radical (unpaired) electrons. The molecule has 1 aromatic heterocycles. The largest absolute Gasteiger partial charge is 0.350 e. The Kier molecular flexibility index (Phi) is 4.19. The fourth-order valence-corrected chi connectivity index (χ4v) is 2.36. The van der Waals surface area contributed by atoms with E-state index in [9.17, 15) is 5.26 Å². The highest BCUT2D eigenvalue weighted by atomic mass is 35.5. The molecular formula is C15H14Cl2N2. The highest BCUT2D eigenvalue weighted by molar-refractivity contribution is 6.43. The van der Waals surface area contributed by atoms with Gasteiger partial charge in [0.25, 0.3) is 0 Å². The summed E-state index contributed by atoms with van der Waals surface area (Å²) in [5.41, 5.74) is 2.24. The van der Waals surface area contributed by atoms with E-state index in [2.05, 4.69) is 19.9 Å². The van der Waals surface area contributed by atoms with Crippen LogP contribution in [0.2, 0.25) is 10.0 Å². The van der Waals surface area contributed by atoms with E-state index in [4.69, 9.17) is 23.2 Å². The summed E-state index contributed by atoms with van der Waals surface area (Å²) >= 11 is 12.3. The summed E-state index contributed by atoms with van der Waals surface area (Å²) in [5.74, 6) is 0. The normalized spacial score (nSPS) is 12.2. The van der Waals surface area contributed by atoms with Crippen molar-refractivity contribution in [3.8, 4) is 17.2 Å². The Labute approximate surface area is 123 Å². The van der Waals surface area contributed by atoms with Crippen molar-refractivity contribution < 1.29 is 0 Å². The first-order valence-corrected chi connectivity index (χ1v) is 6.90. The lowest BCUT2D eigenvalue weighted by atomic mass is 10.1. The molecule has 2 nitrogen and oxygen atoms in total. The molecule has 4 heteroatoms. The monoisotopic (exact) mass is 292 g/mol. The van der Waals surface area contributed by atoms with Gasteiger partial charge in [-0.2, -0.15) is 5.26 Å². The molecule has 0 aliphatic heterocycles. The van der Waals surface area contributed by atoms with Crippen LogP contribution in [0.25, 0.3) is 11.1 Å². The summed E-state index contributed by atoms with van der Waals surface area (Å²) in [5, 5.41) is 10.3. The molecule has 0 N–H and O–H groups in total. The number of benzene rings is 1. The number of hydrogen-bond acceptors (Lipinski definition) is 1. The molecule has 0 saturated carbocycles. The molecule has 1 atom stereocenters. The van der Waals surface area contributed by atoms with Crippen molar-refractivity contribution in [2.45, 2.75) is 26.3 Å². The summed E-state index contributed by atoms with van der Waals surface area (Å²) in [4.78, 5) is 0. The van der Waals surface area contributed by atoms with Crippen LogP contribution >= 0.6 is 23.2 Å². The Morgan fingerprint density at radius 2 is 2.00 bits per heavy atom. The first-order valence-electron chi connectivity index (χ1n) is 6.14. The van der Waals surface area contributed by atoms with Crippen molar-refractivity contribution in [3.05, 3.63) is 46.2 Å². The predicted molar refractivity (Wildman–Crippen MR) is 79.6 cm³/mol. The molecule has 98 valence electrons. The molecule has 0 saturated heterocycles. The Hall–Kier alpha value is -1.43. The van der Waals surface area contributed by atoms with Gasteiger partial charge in [-0.15, -0.1) is 0 Å². The van der Waals surface area contributed by atoms with Crippen molar-refractivity contribution in [1.29, 1.82) is 5.26 Å². The summed E-state index contributed by atoms with van der Waals surface area (Å²) < 4.78 is 2.05. The van der Waals surface area contributed by atoms with Gasteiger partial charge in [0.05, 0.1) is 15.6 Å². The Balaban J connectivity index is 2.59. The van der Waals surface area contributed by atoms with Crippen molar-refractivity contribution in [1.82, 2.24) is 4.57 Å². The fraction of sp³-hybridized carbons (Fsp3) is 0.267.